The maximum Gasteiger partial charge on any atom is 0.233 e. The second-order valence-corrected chi connectivity index (χ2v) is 8.34. The Morgan fingerprint density at radius 2 is 1.84 bits per heavy atom. The second-order valence-electron chi connectivity index (χ2n) is 7.29. The number of carbonyl (C=O) groups excluding carboxylic acids is 1. The standard InChI is InChI=1S/C20H27NO3S/c22-20(21-10-3-6-15-5-1-2-7-17(15)21)14-25-16-8-9-18-19(13-16)24-12-4-11-23-18/h8-9,13,15,17H,1-7,10-12,14H2. The first-order valence-corrected chi connectivity index (χ1v) is 10.6. The number of thioether (sulfide) groups is 1. The van der Waals surface area contributed by atoms with Crippen molar-refractivity contribution in [2.75, 3.05) is 25.5 Å². The molecule has 2 heterocycles. The van der Waals surface area contributed by atoms with E-state index in [1.165, 1.54) is 38.5 Å². The molecule has 5 heteroatoms. The summed E-state index contributed by atoms with van der Waals surface area (Å²) in [6, 6.07) is 6.51. The van der Waals surface area contributed by atoms with Crippen LogP contribution in [0, 0.1) is 5.92 Å². The summed E-state index contributed by atoms with van der Waals surface area (Å²) >= 11 is 1.61. The summed E-state index contributed by atoms with van der Waals surface area (Å²) < 4.78 is 11.4. The van der Waals surface area contributed by atoms with Gasteiger partial charge in [0.15, 0.2) is 11.5 Å². The van der Waals surface area contributed by atoms with Crippen LogP contribution in [0.2, 0.25) is 0 Å². The van der Waals surface area contributed by atoms with Crippen LogP contribution in [0.3, 0.4) is 0 Å². The highest BCUT2D eigenvalue weighted by Gasteiger charge is 2.35. The molecule has 1 aromatic rings. The number of nitrogens with zero attached hydrogens (tertiary/aromatic N) is 1. The van der Waals surface area contributed by atoms with Gasteiger partial charge in [0.2, 0.25) is 5.91 Å². The van der Waals surface area contributed by atoms with Gasteiger partial charge in [0.25, 0.3) is 0 Å². The number of fused-ring (bicyclic) bond motifs is 2. The molecule has 1 aromatic carbocycles. The predicted octanol–water partition coefficient (Wildman–Crippen LogP) is 4.12. The van der Waals surface area contributed by atoms with E-state index in [1.54, 1.807) is 11.8 Å². The van der Waals surface area contributed by atoms with Gasteiger partial charge in [0.1, 0.15) is 0 Å². The van der Waals surface area contributed by atoms with E-state index < -0.39 is 0 Å². The van der Waals surface area contributed by atoms with Crippen LogP contribution in [0.15, 0.2) is 23.1 Å². The molecule has 2 atom stereocenters. The van der Waals surface area contributed by atoms with Crippen molar-refractivity contribution >= 4 is 17.7 Å². The first kappa shape index (κ1) is 17.1. The Hall–Kier alpha value is -1.36. The van der Waals surface area contributed by atoms with E-state index in [0.717, 1.165) is 35.3 Å². The van der Waals surface area contributed by atoms with Crippen LogP contribution in [0.5, 0.6) is 11.5 Å². The Bertz CT molecular complexity index is 619. The molecule has 0 N–H and O–H groups in total. The van der Waals surface area contributed by atoms with Gasteiger partial charge in [-0.05, 0) is 49.8 Å². The number of benzene rings is 1. The fourth-order valence-electron chi connectivity index (χ4n) is 4.40. The normalized spacial score (nSPS) is 25.8. The third-order valence-corrected chi connectivity index (χ3v) is 6.62. The van der Waals surface area contributed by atoms with Crippen molar-refractivity contribution in [1.29, 1.82) is 0 Å². The third kappa shape index (κ3) is 3.91. The Kier molecular flexibility index (Phi) is 5.39. The van der Waals surface area contributed by atoms with Gasteiger partial charge in [-0.25, -0.2) is 0 Å². The summed E-state index contributed by atoms with van der Waals surface area (Å²) in [7, 11) is 0. The van der Waals surface area contributed by atoms with E-state index >= 15 is 0 Å². The van der Waals surface area contributed by atoms with E-state index in [1.807, 2.05) is 18.2 Å². The molecular formula is C20H27NO3S. The molecule has 0 spiro atoms. The van der Waals surface area contributed by atoms with Crippen LogP contribution in [0.1, 0.15) is 44.9 Å². The number of ether oxygens (including phenoxy) is 2. The van der Waals surface area contributed by atoms with Crippen LogP contribution >= 0.6 is 11.8 Å². The molecule has 136 valence electrons. The van der Waals surface area contributed by atoms with Crippen molar-refractivity contribution in [3.05, 3.63) is 18.2 Å². The maximum absolute atomic E-state index is 12.8. The summed E-state index contributed by atoms with van der Waals surface area (Å²) in [5.74, 6) is 3.18. The second kappa shape index (κ2) is 7.90. The molecule has 25 heavy (non-hydrogen) atoms. The lowest BCUT2D eigenvalue weighted by molar-refractivity contribution is -0.134. The zero-order valence-electron chi connectivity index (χ0n) is 14.7. The molecule has 1 amide bonds. The molecule has 4 rings (SSSR count). The minimum absolute atomic E-state index is 0.300. The van der Waals surface area contributed by atoms with E-state index in [-0.39, 0.29) is 0 Å². The van der Waals surface area contributed by atoms with E-state index in [0.29, 0.717) is 30.9 Å². The highest BCUT2D eigenvalue weighted by atomic mass is 32.2. The van der Waals surface area contributed by atoms with Crippen molar-refractivity contribution in [2.45, 2.75) is 55.9 Å². The number of amides is 1. The number of piperidine rings is 1. The molecule has 0 aromatic heterocycles. The number of likely N-dealkylation sites (tertiary alicyclic amines) is 1. The summed E-state index contributed by atoms with van der Waals surface area (Å²) in [6.45, 7) is 2.34. The number of hydrogen-bond donors (Lipinski definition) is 0. The quantitative estimate of drug-likeness (QED) is 0.759. The highest BCUT2D eigenvalue weighted by Crippen LogP contribution is 2.37. The van der Waals surface area contributed by atoms with Gasteiger partial charge in [-0.2, -0.15) is 0 Å². The Balaban J connectivity index is 1.37. The first-order chi connectivity index (χ1) is 12.3. The van der Waals surface area contributed by atoms with Gasteiger partial charge >= 0.3 is 0 Å². The first-order valence-electron chi connectivity index (χ1n) is 9.63. The molecule has 2 unspecified atom stereocenters. The molecule has 4 nitrogen and oxygen atoms in total. The molecule has 1 saturated heterocycles. The predicted molar refractivity (Wildman–Crippen MR) is 99.5 cm³/mol. The van der Waals surface area contributed by atoms with Crippen LogP contribution in [0.25, 0.3) is 0 Å². The lowest BCUT2D eigenvalue weighted by Crippen LogP contribution is -2.50. The smallest absolute Gasteiger partial charge is 0.233 e. The largest absolute Gasteiger partial charge is 0.490 e. The summed E-state index contributed by atoms with van der Waals surface area (Å²) in [4.78, 5) is 16.1. The van der Waals surface area contributed by atoms with E-state index in [4.69, 9.17) is 9.47 Å². The topological polar surface area (TPSA) is 38.8 Å². The monoisotopic (exact) mass is 361 g/mol. The zero-order chi connectivity index (χ0) is 17.1. The average Bonchev–Trinajstić information content (AvgIpc) is 2.90. The van der Waals surface area contributed by atoms with Gasteiger partial charge in [-0.3, -0.25) is 4.79 Å². The fraction of sp³-hybridized carbons (Fsp3) is 0.650. The number of rotatable bonds is 3. The minimum atomic E-state index is 0.300. The molecule has 1 saturated carbocycles. The van der Waals surface area contributed by atoms with Gasteiger partial charge in [0, 0.05) is 23.9 Å². The third-order valence-electron chi connectivity index (χ3n) is 5.64. The Morgan fingerprint density at radius 1 is 1.04 bits per heavy atom. The summed E-state index contributed by atoms with van der Waals surface area (Å²) in [5.41, 5.74) is 0. The van der Waals surface area contributed by atoms with Gasteiger partial charge in [-0.15, -0.1) is 11.8 Å². The summed E-state index contributed by atoms with van der Waals surface area (Å²) in [6.07, 6.45) is 8.52. The van der Waals surface area contributed by atoms with Crippen LogP contribution in [-0.4, -0.2) is 42.4 Å². The Labute approximate surface area is 154 Å². The van der Waals surface area contributed by atoms with Gasteiger partial charge in [-0.1, -0.05) is 12.8 Å². The molecule has 2 aliphatic heterocycles. The van der Waals surface area contributed by atoms with Crippen molar-refractivity contribution in [2.24, 2.45) is 5.92 Å². The zero-order valence-corrected chi connectivity index (χ0v) is 15.6. The molecule has 1 aliphatic carbocycles. The van der Waals surface area contributed by atoms with Crippen LogP contribution in [-0.2, 0) is 4.79 Å². The van der Waals surface area contributed by atoms with Crippen molar-refractivity contribution < 1.29 is 14.3 Å². The van der Waals surface area contributed by atoms with E-state index in [9.17, 15) is 4.79 Å². The summed E-state index contributed by atoms with van der Waals surface area (Å²) in [5, 5.41) is 0. The molecule has 3 aliphatic rings. The fourth-order valence-corrected chi connectivity index (χ4v) is 5.21. The number of carbonyl (C=O) groups is 1. The molecule has 0 radical (unpaired) electrons. The lowest BCUT2D eigenvalue weighted by Gasteiger charge is -2.44. The van der Waals surface area contributed by atoms with Crippen LogP contribution < -0.4 is 9.47 Å². The number of hydrogen-bond acceptors (Lipinski definition) is 4. The average molecular weight is 362 g/mol. The lowest BCUT2D eigenvalue weighted by atomic mass is 9.78. The Morgan fingerprint density at radius 3 is 2.76 bits per heavy atom. The maximum atomic E-state index is 12.8. The molecular weight excluding hydrogens is 334 g/mol. The molecule has 0 bridgehead atoms. The van der Waals surface area contributed by atoms with Gasteiger partial charge in [0.05, 0.1) is 19.0 Å². The van der Waals surface area contributed by atoms with E-state index in [2.05, 4.69) is 4.90 Å². The minimum Gasteiger partial charge on any atom is -0.490 e. The SMILES string of the molecule is O=C(CSc1ccc2c(c1)OCCCO2)N1CCCC2CCCCC21. The van der Waals surface area contributed by atoms with Gasteiger partial charge < -0.3 is 14.4 Å². The highest BCUT2D eigenvalue weighted by molar-refractivity contribution is 8.00. The van der Waals surface area contributed by atoms with Crippen molar-refractivity contribution in [1.82, 2.24) is 4.90 Å². The van der Waals surface area contributed by atoms with Crippen LogP contribution in [0.4, 0.5) is 0 Å². The molecule has 2 fully saturated rings. The van der Waals surface area contributed by atoms with Crippen molar-refractivity contribution in [3.63, 3.8) is 0 Å². The van der Waals surface area contributed by atoms with Crippen molar-refractivity contribution in [3.8, 4) is 11.5 Å².